The maximum absolute atomic E-state index is 12.1. The molecule has 1 aliphatic rings. The number of nitrogens with one attached hydrogen (secondary N) is 1. The molecule has 1 amide bonds. The first kappa shape index (κ1) is 17.2. The van der Waals surface area contributed by atoms with Crippen LogP contribution in [0.25, 0.3) is 0 Å². The Labute approximate surface area is 117 Å². The maximum atomic E-state index is 12.1. The van der Waals surface area contributed by atoms with E-state index in [4.69, 9.17) is 10.5 Å². The molecule has 4 nitrogen and oxygen atoms in total. The van der Waals surface area contributed by atoms with Crippen molar-refractivity contribution in [1.29, 1.82) is 0 Å². The molecule has 118 valence electrons. The highest BCUT2D eigenvalue weighted by atomic mass is 19.4. The molecule has 20 heavy (non-hydrogen) atoms. The molecule has 0 radical (unpaired) electrons. The van der Waals surface area contributed by atoms with Crippen LogP contribution in [0, 0.1) is 0 Å². The Morgan fingerprint density at radius 1 is 1.45 bits per heavy atom. The smallest absolute Gasteiger partial charge is 0.369 e. The van der Waals surface area contributed by atoms with E-state index < -0.39 is 18.9 Å². The summed E-state index contributed by atoms with van der Waals surface area (Å²) in [7, 11) is 0. The van der Waals surface area contributed by atoms with Gasteiger partial charge in [-0.1, -0.05) is 6.92 Å². The van der Waals surface area contributed by atoms with E-state index in [1.165, 1.54) is 0 Å². The van der Waals surface area contributed by atoms with Crippen molar-refractivity contribution >= 4 is 5.91 Å². The van der Waals surface area contributed by atoms with E-state index in [0.717, 1.165) is 19.3 Å². The average molecular weight is 296 g/mol. The number of carbonyl (C=O) groups is 1. The van der Waals surface area contributed by atoms with Gasteiger partial charge in [-0.25, -0.2) is 0 Å². The van der Waals surface area contributed by atoms with Crippen LogP contribution >= 0.6 is 0 Å². The van der Waals surface area contributed by atoms with Crippen LogP contribution in [0.1, 0.15) is 45.4 Å². The van der Waals surface area contributed by atoms with Gasteiger partial charge in [0.25, 0.3) is 0 Å². The number of rotatable bonds is 6. The lowest BCUT2D eigenvalue weighted by atomic mass is 9.92. The largest absolute Gasteiger partial charge is 0.411 e. The normalized spacial score (nSPS) is 25.2. The third-order valence-electron chi connectivity index (χ3n) is 3.45. The second-order valence-electron chi connectivity index (χ2n) is 5.35. The summed E-state index contributed by atoms with van der Waals surface area (Å²) in [4.78, 5) is 11.7. The second kappa shape index (κ2) is 7.83. The predicted octanol–water partition coefficient (Wildman–Crippen LogP) is 2.12. The van der Waals surface area contributed by atoms with E-state index in [2.05, 4.69) is 5.32 Å². The van der Waals surface area contributed by atoms with E-state index >= 15 is 0 Å². The van der Waals surface area contributed by atoms with Gasteiger partial charge in [0.1, 0.15) is 6.61 Å². The van der Waals surface area contributed by atoms with Crippen molar-refractivity contribution in [3.05, 3.63) is 0 Å². The van der Waals surface area contributed by atoms with Crippen LogP contribution in [-0.4, -0.2) is 36.9 Å². The molecule has 3 N–H and O–H groups in total. The van der Waals surface area contributed by atoms with Crippen molar-refractivity contribution in [2.75, 3.05) is 6.61 Å². The molecule has 0 aromatic carbocycles. The molecule has 1 saturated carbocycles. The summed E-state index contributed by atoms with van der Waals surface area (Å²) >= 11 is 0. The molecule has 0 saturated heterocycles. The SMILES string of the molecule is CCC(N)CC(=O)NC1CCCC(OCC(F)(F)F)C1. The lowest BCUT2D eigenvalue weighted by Gasteiger charge is -2.30. The molecule has 1 aliphatic carbocycles. The van der Waals surface area contributed by atoms with Crippen molar-refractivity contribution in [1.82, 2.24) is 5.32 Å². The summed E-state index contributed by atoms with van der Waals surface area (Å²) in [5.74, 6) is -0.138. The van der Waals surface area contributed by atoms with Gasteiger partial charge in [0, 0.05) is 18.5 Å². The van der Waals surface area contributed by atoms with Crippen LogP contribution in [0.2, 0.25) is 0 Å². The lowest BCUT2D eigenvalue weighted by Crippen LogP contribution is -2.42. The average Bonchev–Trinajstić information content (AvgIpc) is 2.35. The van der Waals surface area contributed by atoms with Crippen molar-refractivity contribution in [3.8, 4) is 0 Å². The first-order valence-electron chi connectivity index (χ1n) is 7.03. The number of alkyl halides is 3. The molecule has 0 aromatic heterocycles. The molecule has 1 fully saturated rings. The minimum Gasteiger partial charge on any atom is -0.369 e. The number of ether oxygens (including phenoxy) is 1. The van der Waals surface area contributed by atoms with Gasteiger partial charge in [0.05, 0.1) is 6.10 Å². The summed E-state index contributed by atoms with van der Waals surface area (Å²) in [5.41, 5.74) is 5.69. The van der Waals surface area contributed by atoms with Gasteiger partial charge in [-0.15, -0.1) is 0 Å². The molecular formula is C13H23F3N2O2. The standard InChI is InChI=1S/C13H23F3N2O2/c1-2-9(17)6-12(19)18-10-4-3-5-11(7-10)20-8-13(14,15)16/h9-11H,2-8,17H2,1H3,(H,18,19). The van der Waals surface area contributed by atoms with Crippen LogP contribution in [0.15, 0.2) is 0 Å². The molecule has 0 aliphatic heterocycles. The monoisotopic (exact) mass is 296 g/mol. The number of carbonyl (C=O) groups excluding carboxylic acids is 1. The van der Waals surface area contributed by atoms with Crippen LogP contribution < -0.4 is 11.1 Å². The van der Waals surface area contributed by atoms with Crippen LogP contribution in [0.3, 0.4) is 0 Å². The Morgan fingerprint density at radius 3 is 2.75 bits per heavy atom. The molecule has 7 heteroatoms. The Kier molecular flexibility index (Phi) is 6.75. The third-order valence-corrected chi connectivity index (χ3v) is 3.45. The number of hydrogen-bond acceptors (Lipinski definition) is 3. The Morgan fingerprint density at radius 2 is 2.15 bits per heavy atom. The van der Waals surface area contributed by atoms with Crippen molar-refractivity contribution in [3.63, 3.8) is 0 Å². The quantitative estimate of drug-likeness (QED) is 0.789. The zero-order chi connectivity index (χ0) is 15.2. The molecule has 3 unspecified atom stereocenters. The van der Waals surface area contributed by atoms with Crippen molar-refractivity contribution in [2.45, 2.75) is 69.8 Å². The number of nitrogens with two attached hydrogens (primary N) is 1. The maximum Gasteiger partial charge on any atom is 0.411 e. The van der Waals surface area contributed by atoms with Crippen molar-refractivity contribution < 1.29 is 22.7 Å². The van der Waals surface area contributed by atoms with Gasteiger partial charge in [-0.2, -0.15) is 13.2 Å². The fourth-order valence-electron chi connectivity index (χ4n) is 2.31. The fourth-order valence-corrected chi connectivity index (χ4v) is 2.31. The lowest BCUT2D eigenvalue weighted by molar-refractivity contribution is -0.188. The van der Waals surface area contributed by atoms with Gasteiger partial charge in [-0.05, 0) is 32.1 Å². The molecule has 0 bridgehead atoms. The minimum atomic E-state index is -4.30. The second-order valence-corrected chi connectivity index (χ2v) is 5.35. The number of hydrogen-bond donors (Lipinski definition) is 2. The zero-order valence-electron chi connectivity index (χ0n) is 11.7. The topological polar surface area (TPSA) is 64.4 Å². The van der Waals surface area contributed by atoms with Gasteiger partial charge < -0.3 is 15.8 Å². The van der Waals surface area contributed by atoms with Gasteiger partial charge in [0.15, 0.2) is 0 Å². The van der Waals surface area contributed by atoms with Crippen LogP contribution in [-0.2, 0) is 9.53 Å². The van der Waals surface area contributed by atoms with Crippen molar-refractivity contribution in [2.24, 2.45) is 5.73 Å². The Balaban J connectivity index is 2.31. The van der Waals surface area contributed by atoms with Gasteiger partial charge in [-0.3, -0.25) is 4.79 Å². The van der Waals surface area contributed by atoms with E-state index in [0.29, 0.717) is 12.8 Å². The summed E-state index contributed by atoms with van der Waals surface area (Å²) < 4.78 is 41.1. The molecule has 3 atom stereocenters. The van der Waals surface area contributed by atoms with Gasteiger partial charge >= 0.3 is 6.18 Å². The summed E-state index contributed by atoms with van der Waals surface area (Å²) in [6, 6.07) is -0.283. The summed E-state index contributed by atoms with van der Waals surface area (Å²) in [5, 5.41) is 2.83. The van der Waals surface area contributed by atoms with Crippen LogP contribution in [0.5, 0.6) is 0 Å². The minimum absolute atomic E-state index is 0.112. The van der Waals surface area contributed by atoms with Crippen LogP contribution in [0.4, 0.5) is 13.2 Å². The molecule has 1 rings (SSSR count). The first-order valence-corrected chi connectivity index (χ1v) is 7.03. The van der Waals surface area contributed by atoms with E-state index in [9.17, 15) is 18.0 Å². The molecule has 0 heterocycles. The molecular weight excluding hydrogens is 273 g/mol. The molecule has 0 aromatic rings. The fraction of sp³-hybridized carbons (Fsp3) is 0.923. The Hall–Kier alpha value is -0.820. The van der Waals surface area contributed by atoms with Gasteiger partial charge in [0.2, 0.25) is 5.91 Å². The predicted molar refractivity (Wildman–Crippen MR) is 69.1 cm³/mol. The molecule has 0 spiro atoms. The summed E-state index contributed by atoms with van der Waals surface area (Å²) in [6.07, 6.45) is -1.19. The Bertz CT molecular complexity index is 310. The highest BCUT2D eigenvalue weighted by Crippen LogP contribution is 2.24. The highest BCUT2D eigenvalue weighted by Gasteiger charge is 2.31. The number of amides is 1. The summed E-state index contributed by atoms with van der Waals surface area (Å²) in [6.45, 7) is 0.679. The first-order chi connectivity index (χ1) is 9.30. The van der Waals surface area contributed by atoms with E-state index in [1.807, 2.05) is 6.92 Å². The highest BCUT2D eigenvalue weighted by molar-refractivity contribution is 5.76. The van der Waals surface area contributed by atoms with E-state index in [-0.39, 0.29) is 24.4 Å². The third kappa shape index (κ3) is 7.09. The van der Waals surface area contributed by atoms with E-state index in [1.54, 1.807) is 0 Å². The number of halogens is 3. The zero-order valence-corrected chi connectivity index (χ0v) is 11.7.